The highest BCUT2D eigenvalue weighted by Gasteiger charge is 2.26. The van der Waals surface area contributed by atoms with Crippen molar-refractivity contribution >= 4 is 5.91 Å². The van der Waals surface area contributed by atoms with Gasteiger partial charge in [-0.05, 0) is 6.07 Å². The Morgan fingerprint density at radius 2 is 2.60 bits per heavy atom. The van der Waals surface area contributed by atoms with Crippen molar-refractivity contribution in [2.75, 3.05) is 26.2 Å². The summed E-state index contributed by atoms with van der Waals surface area (Å²) in [6.45, 7) is 2.75. The van der Waals surface area contributed by atoms with Gasteiger partial charge in [0.1, 0.15) is 5.69 Å². The molecule has 1 unspecified atom stereocenters. The Kier molecular flexibility index (Phi) is 2.98. The maximum Gasteiger partial charge on any atom is 0.272 e. The Labute approximate surface area is 87.8 Å². The monoisotopic (exact) mass is 209 g/mol. The summed E-state index contributed by atoms with van der Waals surface area (Å²) in [5.74, 6) is -0.0237. The SMILES string of the molecule is NCC1CNCCN1C(=O)c1ccn[nH]1. The number of hydrogen-bond donors (Lipinski definition) is 3. The Hall–Kier alpha value is -1.40. The standard InChI is InChI=1S/C9H15N5O/c10-5-7-6-11-3-4-14(7)9(15)8-1-2-12-13-8/h1-2,7,11H,3-6,10H2,(H,12,13). The maximum atomic E-state index is 12.0. The van der Waals surface area contributed by atoms with Crippen molar-refractivity contribution in [2.24, 2.45) is 5.73 Å². The van der Waals surface area contributed by atoms with Gasteiger partial charge in [-0.3, -0.25) is 9.89 Å². The van der Waals surface area contributed by atoms with Gasteiger partial charge in [-0.2, -0.15) is 5.10 Å². The molecule has 1 atom stereocenters. The molecule has 0 bridgehead atoms. The summed E-state index contributed by atoms with van der Waals surface area (Å²) in [6, 6.07) is 1.76. The lowest BCUT2D eigenvalue weighted by Crippen LogP contribution is -2.56. The minimum atomic E-state index is -0.0237. The smallest absolute Gasteiger partial charge is 0.272 e. The van der Waals surface area contributed by atoms with Crippen LogP contribution in [0.1, 0.15) is 10.5 Å². The molecule has 82 valence electrons. The molecule has 1 aliphatic heterocycles. The van der Waals surface area contributed by atoms with Crippen LogP contribution in [-0.2, 0) is 0 Å². The summed E-state index contributed by atoms with van der Waals surface area (Å²) in [7, 11) is 0. The van der Waals surface area contributed by atoms with Gasteiger partial charge in [0, 0.05) is 32.4 Å². The van der Waals surface area contributed by atoms with Gasteiger partial charge >= 0.3 is 0 Å². The molecular weight excluding hydrogens is 194 g/mol. The second kappa shape index (κ2) is 4.41. The molecule has 1 saturated heterocycles. The van der Waals surface area contributed by atoms with Gasteiger partial charge in [-0.25, -0.2) is 0 Å². The predicted molar refractivity (Wildman–Crippen MR) is 55.3 cm³/mol. The largest absolute Gasteiger partial charge is 0.331 e. The van der Waals surface area contributed by atoms with E-state index < -0.39 is 0 Å². The van der Waals surface area contributed by atoms with Gasteiger partial charge in [0.2, 0.25) is 0 Å². The summed E-state index contributed by atoms with van der Waals surface area (Å²) < 4.78 is 0. The normalized spacial score (nSPS) is 21.7. The van der Waals surface area contributed by atoms with Gasteiger partial charge in [-0.1, -0.05) is 0 Å². The first kappa shape index (κ1) is 10.1. The van der Waals surface area contributed by atoms with Gasteiger partial charge in [0.05, 0.1) is 6.04 Å². The minimum absolute atomic E-state index is 0.0237. The van der Waals surface area contributed by atoms with Crippen molar-refractivity contribution in [1.29, 1.82) is 0 Å². The number of piperazine rings is 1. The summed E-state index contributed by atoms with van der Waals surface area (Å²) in [6.07, 6.45) is 1.58. The van der Waals surface area contributed by atoms with Crippen molar-refractivity contribution in [3.63, 3.8) is 0 Å². The van der Waals surface area contributed by atoms with E-state index >= 15 is 0 Å². The van der Waals surface area contributed by atoms with Crippen LogP contribution in [0.15, 0.2) is 12.3 Å². The van der Waals surface area contributed by atoms with Crippen molar-refractivity contribution < 1.29 is 4.79 Å². The molecule has 4 N–H and O–H groups in total. The first-order chi connectivity index (χ1) is 7.33. The zero-order chi connectivity index (χ0) is 10.7. The topological polar surface area (TPSA) is 87.0 Å². The fourth-order valence-corrected chi connectivity index (χ4v) is 1.77. The molecule has 0 saturated carbocycles. The van der Waals surface area contributed by atoms with Crippen LogP contribution in [0.5, 0.6) is 0 Å². The molecule has 0 radical (unpaired) electrons. The number of rotatable bonds is 2. The molecule has 1 aromatic rings. The van der Waals surface area contributed by atoms with E-state index in [1.807, 2.05) is 0 Å². The van der Waals surface area contributed by atoms with Gasteiger partial charge < -0.3 is 16.0 Å². The number of hydrogen-bond acceptors (Lipinski definition) is 4. The number of H-pyrrole nitrogens is 1. The molecule has 1 aromatic heterocycles. The summed E-state index contributed by atoms with van der Waals surface area (Å²) in [5, 5.41) is 9.66. The predicted octanol–water partition coefficient (Wildman–Crippen LogP) is -1.22. The first-order valence-electron chi connectivity index (χ1n) is 5.04. The lowest BCUT2D eigenvalue weighted by Gasteiger charge is -2.35. The van der Waals surface area contributed by atoms with E-state index in [1.165, 1.54) is 0 Å². The van der Waals surface area contributed by atoms with Crippen molar-refractivity contribution in [1.82, 2.24) is 20.4 Å². The molecular formula is C9H15N5O. The molecule has 1 aliphatic rings. The third-order valence-corrected chi connectivity index (χ3v) is 2.61. The van der Waals surface area contributed by atoms with Crippen LogP contribution in [0.3, 0.4) is 0 Å². The highest BCUT2D eigenvalue weighted by molar-refractivity contribution is 5.92. The highest BCUT2D eigenvalue weighted by Crippen LogP contribution is 2.07. The van der Waals surface area contributed by atoms with E-state index in [4.69, 9.17) is 5.73 Å². The molecule has 1 fully saturated rings. The Morgan fingerprint density at radius 3 is 3.27 bits per heavy atom. The maximum absolute atomic E-state index is 12.0. The zero-order valence-corrected chi connectivity index (χ0v) is 8.44. The fraction of sp³-hybridized carbons (Fsp3) is 0.556. The Balaban J connectivity index is 2.11. The van der Waals surface area contributed by atoms with E-state index in [2.05, 4.69) is 15.5 Å². The molecule has 6 heteroatoms. The number of nitrogens with two attached hydrogens (primary N) is 1. The van der Waals surface area contributed by atoms with Crippen molar-refractivity contribution in [3.8, 4) is 0 Å². The molecule has 0 aromatic carbocycles. The molecule has 0 spiro atoms. The number of aromatic nitrogens is 2. The third kappa shape index (κ3) is 2.00. The molecule has 2 rings (SSSR count). The zero-order valence-electron chi connectivity index (χ0n) is 8.44. The van der Waals surface area contributed by atoms with Crippen LogP contribution in [0.2, 0.25) is 0 Å². The molecule has 15 heavy (non-hydrogen) atoms. The van der Waals surface area contributed by atoms with Crippen molar-refractivity contribution in [2.45, 2.75) is 6.04 Å². The fourth-order valence-electron chi connectivity index (χ4n) is 1.77. The molecule has 0 aliphatic carbocycles. The average Bonchev–Trinajstić information content (AvgIpc) is 2.81. The van der Waals surface area contributed by atoms with Crippen molar-refractivity contribution in [3.05, 3.63) is 18.0 Å². The molecule has 1 amide bonds. The van der Waals surface area contributed by atoms with E-state index in [0.29, 0.717) is 18.8 Å². The summed E-state index contributed by atoms with van der Waals surface area (Å²) in [4.78, 5) is 13.8. The second-order valence-corrected chi connectivity index (χ2v) is 3.56. The highest BCUT2D eigenvalue weighted by atomic mass is 16.2. The van der Waals surface area contributed by atoms with E-state index in [1.54, 1.807) is 17.2 Å². The lowest BCUT2D eigenvalue weighted by molar-refractivity contribution is 0.0638. The van der Waals surface area contributed by atoms with E-state index in [-0.39, 0.29) is 11.9 Å². The van der Waals surface area contributed by atoms with Crippen LogP contribution in [0.25, 0.3) is 0 Å². The van der Waals surface area contributed by atoms with E-state index in [0.717, 1.165) is 13.1 Å². The second-order valence-electron chi connectivity index (χ2n) is 3.56. The first-order valence-corrected chi connectivity index (χ1v) is 5.04. The minimum Gasteiger partial charge on any atom is -0.331 e. The van der Waals surface area contributed by atoms with Gasteiger partial charge in [0.25, 0.3) is 5.91 Å². The third-order valence-electron chi connectivity index (χ3n) is 2.61. The summed E-state index contributed by atoms with van der Waals surface area (Å²) in [5.41, 5.74) is 6.15. The quantitative estimate of drug-likeness (QED) is 0.570. The number of aromatic amines is 1. The van der Waals surface area contributed by atoms with Crippen LogP contribution in [0, 0.1) is 0 Å². The number of carbonyl (C=O) groups excluding carboxylic acids is 1. The Bertz CT molecular complexity index is 323. The Morgan fingerprint density at radius 1 is 1.73 bits per heavy atom. The number of nitrogens with zero attached hydrogens (tertiary/aromatic N) is 2. The van der Waals surface area contributed by atoms with Gasteiger partial charge in [-0.15, -0.1) is 0 Å². The lowest BCUT2D eigenvalue weighted by atomic mass is 10.2. The number of amides is 1. The van der Waals surface area contributed by atoms with Crippen LogP contribution < -0.4 is 11.1 Å². The average molecular weight is 209 g/mol. The van der Waals surface area contributed by atoms with Crippen LogP contribution in [-0.4, -0.2) is 53.2 Å². The van der Waals surface area contributed by atoms with Crippen LogP contribution in [0.4, 0.5) is 0 Å². The van der Waals surface area contributed by atoms with Crippen LogP contribution >= 0.6 is 0 Å². The molecule has 2 heterocycles. The number of carbonyl (C=O) groups is 1. The summed E-state index contributed by atoms with van der Waals surface area (Å²) >= 11 is 0. The molecule has 6 nitrogen and oxygen atoms in total. The number of nitrogens with one attached hydrogen (secondary N) is 2. The van der Waals surface area contributed by atoms with E-state index in [9.17, 15) is 4.79 Å². The van der Waals surface area contributed by atoms with Gasteiger partial charge in [0.15, 0.2) is 0 Å².